The highest BCUT2D eigenvalue weighted by molar-refractivity contribution is 5.94. The van der Waals surface area contributed by atoms with E-state index in [4.69, 9.17) is 9.26 Å². The van der Waals surface area contributed by atoms with Gasteiger partial charge in [0.2, 0.25) is 17.6 Å². The fourth-order valence-corrected chi connectivity index (χ4v) is 4.27. The number of piperazine rings is 1. The lowest BCUT2D eigenvalue weighted by molar-refractivity contribution is -0.131. The van der Waals surface area contributed by atoms with Crippen LogP contribution in [0.3, 0.4) is 0 Å². The SMILES string of the molecule is COc1ccc(N2CCN(C(=O)CCc3nc(-c4cccc5ccccc45)no3)CC2)cc1. The normalized spacial score (nSPS) is 14.0. The van der Waals surface area contributed by atoms with Crippen LogP contribution < -0.4 is 9.64 Å². The second-order valence-corrected chi connectivity index (χ2v) is 8.10. The molecule has 0 atom stereocenters. The molecule has 1 saturated heterocycles. The number of rotatable bonds is 6. The largest absolute Gasteiger partial charge is 0.497 e. The number of benzene rings is 3. The van der Waals surface area contributed by atoms with E-state index in [1.54, 1.807) is 7.11 Å². The van der Waals surface area contributed by atoms with Gasteiger partial charge in [0, 0.05) is 50.3 Å². The Hall–Kier alpha value is -3.87. The summed E-state index contributed by atoms with van der Waals surface area (Å²) >= 11 is 0. The van der Waals surface area contributed by atoms with E-state index in [-0.39, 0.29) is 5.91 Å². The van der Waals surface area contributed by atoms with Gasteiger partial charge in [0.1, 0.15) is 5.75 Å². The first-order valence-corrected chi connectivity index (χ1v) is 11.2. The molecule has 0 saturated carbocycles. The van der Waals surface area contributed by atoms with E-state index in [9.17, 15) is 4.79 Å². The number of aryl methyl sites for hydroxylation is 1. The van der Waals surface area contributed by atoms with E-state index >= 15 is 0 Å². The first kappa shape index (κ1) is 21.0. The van der Waals surface area contributed by atoms with Gasteiger partial charge < -0.3 is 19.1 Å². The summed E-state index contributed by atoms with van der Waals surface area (Å²) in [5.41, 5.74) is 2.08. The van der Waals surface area contributed by atoms with Gasteiger partial charge in [0.25, 0.3) is 0 Å². The Balaban J connectivity index is 1.16. The zero-order valence-corrected chi connectivity index (χ0v) is 18.6. The lowest BCUT2D eigenvalue weighted by Gasteiger charge is -2.36. The zero-order chi connectivity index (χ0) is 22.6. The lowest BCUT2D eigenvalue weighted by Crippen LogP contribution is -2.48. The number of hydrogen-bond acceptors (Lipinski definition) is 6. The van der Waals surface area contributed by atoms with Crippen molar-refractivity contribution in [2.75, 3.05) is 38.2 Å². The van der Waals surface area contributed by atoms with Gasteiger partial charge in [0.05, 0.1) is 7.11 Å². The topological polar surface area (TPSA) is 71.7 Å². The van der Waals surface area contributed by atoms with E-state index in [1.807, 2.05) is 41.3 Å². The van der Waals surface area contributed by atoms with Gasteiger partial charge in [-0.1, -0.05) is 47.6 Å². The Morgan fingerprint density at radius 3 is 2.52 bits per heavy atom. The third kappa shape index (κ3) is 4.53. The highest BCUT2D eigenvalue weighted by Crippen LogP contribution is 2.26. The average Bonchev–Trinajstić information content (AvgIpc) is 3.36. The second kappa shape index (κ2) is 9.32. The Kier molecular flexibility index (Phi) is 5.93. The monoisotopic (exact) mass is 442 g/mol. The fraction of sp³-hybridized carbons (Fsp3) is 0.269. The molecule has 4 aromatic rings. The molecule has 168 valence electrons. The number of nitrogens with zero attached hydrogens (tertiary/aromatic N) is 4. The number of aromatic nitrogens is 2. The number of methoxy groups -OCH3 is 1. The molecule has 7 heteroatoms. The molecule has 1 amide bonds. The predicted molar refractivity (Wildman–Crippen MR) is 127 cm³/mol. The van der Waals surface area contributed by atoms with Crippen LogP contribution in [0.1, 0.15) is 12.3 Å². The zero-order valence-electron chi connectivity index (χ0n) is 18.6. The quantitative estimate of drug-likeness (QED) is 0.446. The van der Waals surface area contributed by atoms with Crippen molar-refractivity contribution in [2.45, 2.75) is 12.8 Å². The van der Waals surface area contributed by atoms with Crippen LogP contribution in [0.2, 0.25) is 0 Å². The molecule has 0 aliphatic carbocycles. The molecule has 0 radical (unpaired) electrons. The molecule has 5 rings (SSSR count). The molecule has 0 N–H and O–H groups in total. The van der Waals surface area contributed by atoms with Crippen LogP contribution in [0.15, 0.2) is 71.3 Å². The van der Waals surface area contributed by atoms with E-state index < -0.39 is 0 Å². The molecule has 1 aliphatic rings. The van der Waals surface area contributed by atoms with Crippen molar-refractivity contribution in [3.8, 4) is 17.1 Å². The van der Waals surface area contributed by atoms with Crippen LogP contribution in [0, 0.1) is 0 Å². The van der Waals surface area contributed by atoms with Crippen LogP contribution in [0.4, 0.5) is 5.69 Å². The van der Waals surface area contributed by atoms with Crippen molar-refractivity contribution >= 4 is 22.4 Å². The molecule has 3 aromatic carbocycles. The predicted octanol–water partition coefficient (Wildman–Crippen LogP) is 4.18. The third-order valence-electron chi connectivity index (χ3n) is 6.12. The van der Waals surface area contributed by atoms with Gasteiger partial charge in [-0.2, -0.15) is 4.98 Å². The summed E-state index contributed by atoms with van der Waals surface area (Å²) in [5, 5.41) is 6.37. The molecule has 0 bridgehead atoms. The standard InChI is InChI=1S/C26H26N4O3/c1-32-21-11-9-20(10-12-21)29-15-17-30(18-16-29)25(31)14-13-24-27-26(28-33-24)23-8-4-6-19-5-2-3-7-22(19)23/h2-12H,13-18H2,1H3. The highest BCUT2D eigenvalue weighted by atomic mass is 16.5. The third-order valence-corrected chi connectivity index (χ3v) is 6.12. The summed E-state index contributed by atoms with van der Waals surface area (Å²) in [5.74, 6) is 2.01. The minimum Gasteiger partial charge on any atom is -0.497 e. The summed E-state index contributed by atoms with van der Waals surface area (Å²) in [4.78, 5) is 21.5. The molecule has 1 fully saturated rings. The number of ether oxygens (including phenoxy) is 1. The molecule has 1 aliphatic heterocycles. The van der Waals surface area contributed by atoms with Crippen LogP contribution in [0.25, 0.3) is 22.2 Å². The van der Waals surface area contributed by atoms with Gasteiger partial charge in [-0.15, -0.1) is 0 Å². The van der Waals surface area contributed by atoms with Crippen LogP contribution in [-0.2, 0) is 11.2 Å². The van der Waals surface area contributed by atoms with Gasteiger partial charge in [-0.3, -0.25) is 4.79 Å². The number of amides is 1. The Bertz CT molecular complexity index is 1240. The molecule has 7 nitrogen and oxygen atoms in total. The second-order valence-electron chi connectivity index (χ2n) is 8.10. The molecular weight excluding hydrogens is 416 g/mol. The maximum atomic E-state index is 12.8. The van der Waals surface area contributed by atoms with E-state index in [1.165, 1.54) is 0 Å². The molecule has 0 spiro atoms. The first-order valence-electron chi connectivity index (χ1n) is 11.2. The summed E-state index contributed by atoms with van der Waals surface area (Å²) in [6.07, 6.45) is 0.801. The fourth-order valence-electron chi connectivity index (χ4n) is 4.27. The van der Waals surface area contributed by atoms with Crippen molar-refractivity contribution in [3.63, 3.8) is 0 Å². The van der Waals surface area contributed by atoms with Crippen LogP contribution >= 0.6 is 0 Å². The molecular formula is C26H26N4O3. The highest BCUT2D eigenvalue weighted by Gasteiger charge is 2.22. The number of carbonyl (C=O) groups is 1. The van der Waals surface area contributed by atoms with Crippen molar-refractivity contribution in [2.24, 2.45) is 0 Å². The number of hydrogen-bond donors (Lipinski definition) is 0. The maximum absolute atomic E-state index is 12.8. The van der Waals surface area contributed by atoms with Crippen molar-refractivity contribution in [1.29, 1.82) is 0 Å². The smallest absolute Gasteiger partial charge is 0.227 e. The molecule has 1 aromatic heterocycles. The van der Waals surface area contributed by atoms with Crippen molar-refractivity contribution < 1.29 is 14.1 Å². The molecule has 33 heavy (non-hydrogen) atoms. The van der Waals surface area contributed by atoms with E-state index in [0.29, 0.717) is 37.6 Å². The molecule has 0 unspecified atom stereocenters. The van der Waals surface area contributed by atoms with Crippen LogP contribution in [0.5, 0.6) is 5.75 Å². The van der Waals surface area contributed by atoms with E-state index in [2.05, 4.69) is 45.4 Å². The Morgan fingerprint density at radius 2 is 1.73 bits per heavy atom. The van der Waals surface area contributed by atoms with Gasteiger partial charge >= 0.3 is 0 Å². The van der Waals surface area contributed by atoms with E-state index in [0.717, 1.165) is 40.9 Å². The number of anilines is 1. The minimum absolute atomic E-state index is 0.120. The van der Waals surface area contributed by atoms with Crippen molar-refractivity contribution in [1.82, 2.24) is 15.0 Å². The molecule has 2 heterocycles. The summed E-state index contributed by atoms with van der Waals surface area (Å²) in [6, 6.07) is 22.2. The van der Waals surface area contributed by atoms with Gasteiger partial charge in [-0.05, 0) is 35.0 Å². The number of fused-ring (bicyclic) bond motifs is 1. The van der Waals surface area contributed by atoms with Crippen LogP contribution in [-0.4, -0.2) is 54.2 Å². The maximum Gasteiger partial charge on any atom is 0.227 e. The van der Waals surface area contributed by atoms with Gasteiger partial charge in [-0.25, -0.2) is 0 Å². The summed E-state index contributed by atoms with van der Waals surface area (Å²) < 4.78 is 10.7. The summed E-state index contributed by atoms with van der Waals surface area (Å²) in [6.45, 7) is 3.03. The van der Waals surface area contributed by atoms with Crippen molar-refractivity contribution in [3.05, 3.63) is 72.6 Å². The van der Waals surface area contributed by atoms with Gasteiger partial charge in [0.15, 0.2) is 0 Å². The Morgan fingerprint density at radius 1 is 0.970 bits per heavy atom. The first-order chi connectivity index (χ1) is 16.2. The average molecular weight is 443 g/mol. The Labute approximate surface area is 192 Å². The summed E-state index contributed by atoms with van der Waals surface area (Å²) in [7, 11) is 1.66. The lowest BCUT2D eigenvalue weighted by atomic mass is 10.0. The minimum atomic E-state index is 0.120. The number of carbonyl (C=O) groups excluding carboxylic acids is 1.